The standard InChI is InChI=1S/C21H21N3O3S/c1-15(2)28(26)18-7-5-17(6-8-18)21(25)24-20-19(4-3-11-23-20)27-14-16-9-12-22-13-10-16/h3-13,15H,14H2,1-2H3,(H,23,24,25). The van der Waals surface area contributed by atoms with Crippen LogP contribution in [0.3, 0.4) is 0 Å². The quantitative estimate of drug-likeness (QED) is 0.658. The van der Waals surface area contributed by atoms with Gasteiger partial charge in [-0.2, -0.15) is 0 Å². The van der Waals surface area contributed by atoms with Crippen LogP contribution < -0.4 is 10.1 Å². The van der Waals surface area contributed by atoms with E-state index >= 15 is 0 Å². The molecule has 1 atom stereocenters. The van der Waals surface area contributed by atoms with Crippen molar-refractivity contribution in [2.75, 3.05) is 5.32 Å². The number of nitrogens with zero attached hydrogens (tertiary/aromatic N) is 2. The Balaban J connectivity index is 1.69. The van der Waals surface area contributed by atoms with Gasteiger partial charge in [0.1, 0.15) is 6.61 Å². The van der Waals surface area contributed by atoms with Gasteiger partial charge in [-0.3, -0.25) is 14.0 Å². The maximum absolute atomic E-state index is 12.6. The third-order valence-corrected chi connectivity index (χ3v) is 5.52. The van der Waals surface area contributed by atoms with Crippen LogP contribution in [0.4, 0.5) is 5.82 Å². The Morgan fingerprint density at radius 2 is 1.79 bits per heavy atom. The van der Waals surface area contributed by atoms with Crippen molar-refractivity contribution in [1.82, 2.24) is 9.97 Å². The molecule has 0 fully saturated rings. The number of pyridine rings is 2. The lowest BCUT2D eigenvalue weighted by molar-refractivity contribution is 0.102. The Bertz CT molecular complexity index is 960. The lowest BCUT2D eigenvalue weighted by Crippen LogP contribution is -2.14. The van der Waals surface area contributed by atoms with E-state index in [4.69, 9.17) is 4.74 Å². The van der Waals surface area contributed by atoms with Crippen molar-refractivity contribution in [3.05, 3.63) is 78.2 Å². The number of hydrogen-bond acceptors (Lipinski definition) is 5. The van der Waals surface area contributed by atoms with Crippen LogP contribution in [0, 0.1) is 0 Å². The molecule has 0 aliphatic heterocycles. The molecule has 1 N–H and O–H groups in total. The van der Waals surface area contributed by atoms with E-state index in [-0.39, 0.29) is 11.2 Å². The van der Waals surface area contributed by atoms with E-state index in [0.29, 0.717) is 28.6 Å². The molecule has 1 amide bonds. The third-order valence-electron chi connectivity index (χ3n) is 3.92. The number of rotatable bonds is 7. The van der Waals surface area contributed by atoms with E-state index in [1.165, 1.54) is 0 Å². The number of ether oxygens (including phenoxy) is 1. The first-order chi connectivity index (χ1) is 13.5. The van der Waals surface area contributed by atoms with Crippen LogP contribution in [0.1, 0.15) is 29.8 Å². The Morgan fingerprint density at radius 3 is 2.46 bits per heavy atom. The van der Waals surface area contributed by atoms with Crippen LogP contribution in [0.25, 0.3) is 0 Å². The molecule has 144 valence electrons. The highest BCUT2D eigenvalue weighted by Gasteiger charge is 2.13. The molecule has 0 saturated heterocycles. The van der Waals surface area contributed by atoms with Gasteiger partial charge < -0.3 is 10.1 Å². The summed E-state index contributed by atoms with van der Waals surface area (Å²) in [7, 11) is -1.09. The summed E-state index contributed by atoms with van der Waals surface area (Å²) in [5.41, 5.74) is 1.42. The van der Waals surface area contributed by atoms with Crippen molar-refractivity contribution < 1.29 is 13.7 Å². The minimum atomic E-state index is -1.09. The van der Waals surface area contributed by atoms with Gasteiger partial charge >= 0.3 is 0 Å². The number of aromatic nitrogens is 2. The molecule has 0 saturated carbocycles. The Kier molecular flexibility index (Phi) is 6.49. The first-order valence-corrected chi connectivity index (χ1v) is 10.0. The molecular formula is C21H21N3O3S. The fourth-order valence-corrected chi connectivity index (χ4v) is 3.38. The second-order valence-electron chi connectivity index (χ2n) is 6.32. The van der Waals surface area contributed by atoms with E-state index < -0.39 is 10.8 Å². The smallest absolute Gasteiger partial charge is 0.256 e. The fourth-order valence-electron chi connectivity index (χ4n) is 2.43. The van der Waals surface area contributed by atoms with Crippen LogP contribution >= 0.6 is 0 Å². The van der Waals surface area contributed by atoms with E-state index in [1.54, 1.807) is 55.0 Å². The minimum Gasteiger partial charge on any atom is -0.485 e. The lowest BCUT2D eigenvalue weighted by atomic mass is 10.2. The van der Waals surface area contributed by atoms with Gasteiger partial charge in [0, 0.05) is 34.3 Å². The van der Waals surface area contributed by atoms with Gasteiger partial charge in [-0.15, -0.1) is 0 Å². The summed E-state index contributed by atoms with van der Waals surface area (Å²) in [4.78, 5) is 21.4. The molecule has 2 aromatic heterocycles. The average Bonchev–Trinajstić information content (AvgIpc) is 2.73. The molecule has 1 unspecified atom stereocenters. The summed E-state index contributed by atoms with van der Waals surface area (Å²) in [6.45, 7) is 4.13. The largest absolute Gasteiger partial charge is 0.485 e. The van der Waals surface area contributed by atoms with Crippen molar-refractivity contribution in [3.63, 3.8) is 0 Å². The zero-order chi connectivity index (χ0) is 19.9. The van der Waals surface area contributed by atoms with Crippen LogP contribution in [0.5, 0.6) is 5.75 Å². The first-order valence-electron chi connectivity index (χ1n) is 8.83. The number of anilines is 1. The van der Waals surface area contributed by atoms with Crippen LogP contribution in [-0.4, -0.2) is 25.3 Å². The minimum absolute atomic E-state index is 0.0216. The van der Waals surface area contributed by atoms with Crippen LogP contribution in [0.2, 0.25) is 0 Å². The third kappa shape index (κ3) is 5.01. The molecule has 3 aromatic rings. The summed E-state index contributed by atoms with van der Waals surface area (Å²) in [6, 6.07) is 14.0. The first kappa shape index (κ1) is 19.7. The second kappa shape index (κ2) is 9.23. The second-order valence-corrected chi connectivity index (χ2v) is 8.33. The number of carbonyl (C=O) groups is 1. The maximum atomic E-state index is 12.6. The van der Waals surface area contributed by atoms with Gasteiger partial charge in [0.05, 0.1) is 10.8 Å². The van der Waals surface area contributed by atoms with Gasteiger partial charge in [-0.1, -0.05) is 13.8 Å². The van der Waals surface area contributed by atoms with Crippen LogP contribution in [-0.2, 0) is 17.4 Å². The Hall–Kier alpha value is -3.06. The highest BCUT2D eigenvalue weighted by molar-refractivity contribution is 7.85. The van der Waals surface area contributed by atoms with Crippen molar-refractivity contribution in [2.45, 2.75) is 30.6 Å². The van der Waals surface area contributed by atoms with Gasteiger partial charge in [-0.25, -0.2) is 4.98 Å². The van der Waals surface area contributed by atoms with E-state index in [1.807, 2.05) is 26.0 Å². The lowest BCUT2D eigenvalue weighted by Gasteiger charge is -2.12. The normalized spacial score (nSPS) is 11.8. The summed E-state index contributed by atoms with van der Waals surface area (Å²) < 4.78 is 17.9. The van der Waals surface area contributed by atoms with Gasteiger partial charge in [0.2, 0.25) is 0 Å². The molecule has 0 spiro atoms. The van der Waals surface area contributed by atoms with E-state index in [9.17, 15) is 9.00 Å². The van der Waals surface area contributed by atoms with Crippen LogP contribution in [0.15, 0.2) is 72.0 Å². The zero-order valence-electron chi connectivity index (χ0n) is 15.7. The monoisotopic (exact) mass is 395 g/mol. The molecule has 2 heterocycles. The SMILES string of the molecule is CC(C)S(=O)c1ccc(C(=O)Nc2ncccc2OCc2ccncc2)cc1. The van der Waals surface area contributed by atoms with Crippen molar-refractivity contribution in [3.8, 4) is 5.75 Å². The highest BCUT2D eigenvalue weighted by Crippen LogP contribution is 2.23. The molecule has 0 bridgehead atoms. The number of nitrogens with one attached hydrogen (secondary N) is 1. The molecule has 0 aliphatic rings. The van der Waals surface area contributed by atoms with Gasteiger partial charge in [-0.05, 0) is 54.1 Å². The maximum Gasteiger partial charge on any atom is 0.256 e. The van der Waals surface area contributed by atoms with E-state index in [2.05, 4.69) is 15.3 Å². The van der Waals surface area contributed by atoms with Crippen molar-refractivity contribution in [1.29, 1.82) is 0 Å². The molecule has 0 radical (unpaired) electrons. The zero-order valence-corrected chi connectivity index (χ0v) is 16.5. The molecule has 1 aromatic carbocycles. The number of carbonyl (C=O) groups excluding carboxylic acids is 1. The number of benzene rings is 1. The van der Waals surface area contributed by atoms with Crippen molar-refractivity contribution >= 4 is 22.5 Å². The highest BCUT2D eigenvalue weighted by atomic mass is 32.2. The topological polar surface area (TPSA) is 81.2 Å². The summed E-state index contributed by atoms with van der Waals surface area (Å²) in [5.74, 6) is 0.510. The predicted molar refractivity (Wildman–Crippen MR) is 109 cm³/mol. The Labute approximate surface area is 166 Å². The summed E-state index contributed by atoms with van der Waals surface area (Å²) in [6.07, 6.45) is 4.98. The van der Waals surface area contributed by atoms with Gasteiger partial charge in [0.15, 0.2) is 11.6 Å². The number of hydrogen-bond donors (Lipinski definition) is 1. The number of amides is 1. The molecule has 7 heteroatoms. The van der Waals surface area contributed by atoms with Crippen molar-refractivity contribution in [2.24, 2.45) is 0 Å². The van der Waals surface area contributed by atoms with Gasteiger partial charge in [0.25, 0.3) is 5.91 Å². The van der Waals surface area contributed by atoms with E-state index in [0.717, 1.165) is 5.56 Å². The molecule has 6 nitrogen and oxygen atoms in total. The summed E-state index contributed by atoms with van der Waals surface area (Å²) >= 11 is 0. The predicted octanol–water partition coefficient (Wildman–Crippen LogP) is 3.82. The fraction of sp³-hybridized carbons (Fsp3) is 0.190. The summed E-state index contributed by atoms with van der Waals surface area (Å²) in [5, 5.41) is 2.79. The Morgan fingerprint density at radius 1 is 1.07 bits per heavy atom. The average molecular weight is 395 g/mol. The molecule has 28 heavy (non-hydrogen) atoms. The molecule has 3 rings (SSSR count). The molecule has 0 aliphatic carbocycles. The molecular weight excluding hydrogens is 374 g/mol.